The van der Waals surface area contributed by atoms with Gasteiger partial charge in [0.15, 0.2) is 11.5 Å². The predicted molar refractivity (Wildman–Crippen MR) is 120 cm³/mol. The summed E-state index contributed by atoms with van der Waals surface area (Å²) in [5, 5.41) is 10.7. The van der Waals surface area contributed by atoms with E-state index in [1.54, 1.807) is 7.11 Å². The van der Waals surface area contributed by atoms with Crippen molar-refractivity contribution < 1.29 is 19.3 Å². The second-order valence-corrected chi connectivity index (χ2v) is 8.01. The molecular formula is C24H34N2O4. The quantitative estimate of drug-likeness (QED) is 0.610. The van der Waals surface area contributed by atoms with Crippen molar-refractivity contribution in [1.82, 2.24) is 4.90 Å². The van der Waals surface area contributed by atoms with E-state index in [0.29, 0.717) is 18.0 Å². The molecule has 6 heteroatoms. The van der Waals surface area contributed by atoms with Crippen LogP contribution in [0.1, 0.15) is 18.4 Å². The number of methoxy groups -OCH3 is 1. The fourth-order valence-electron chi connectivity index (χ4n) is 3.71. The summed E-state index contributed by atoms with van der Waals surface area (Å²) >= 11 is 0. The van der Waals surface area contributed by atoms with Gasteiger partial charge in [0.05, 0.1) is 13.2 Å². The summed E-state index contributed by atoms with van der Waals surface area (Å²) in [7, 11) is 5.69. The van der Waals surface area contributed by atoms with Crippen LogP contribution in [0, 0.1) is 0 Å². The van der Waals surface area contributed by atoms with Crippen molar-refractivity contribution in [3.05, 3.63) is 54.1 Å². The molecule has 2 aromatic carbocycles. The molecule has 1 aliphatic heterocycles. The van der Waals surface area contributed by atoms with Crippen LogP contribution in [0.25, 0.3) is 0 Å². The van der Waals surface area contributed by atoms with Crippen molar-refractivity contribution in [2.24, 2.45) is 0 Å². The summed E-state index contributed by atoms with van der Waals surface area (Å²) in [4.78, 5) is 4.35. The molecule has 30 heavy (non-hydrogen) atoms. The van der Waals surface area contributed by atoms with Crippen molar-refractivity contribution in [2.45, 2.75) is 31.6 Å². The number of hydrogen-bond donors (Lipinski definition) is 1. The number of ether oxygens (including phenoxy) is 3. The molecule has 1 aliphatic rings. The molecule has 0 bridgehead atoms. The maximum atomic E-state index is 10.7. The Labute approximate surface area is 180 Å². The second-order valence-electron chi connectivity index (χ2n) is 8.01. The normalized spacial score (nSPS) is 17.2. The molecule has 1 fully saturated rings. The summed E-state index contributed by atoms with van der Waals surface area (Å²) in [6.45, 7) is 3.13. The molecule has 1 N–H and O–H groups in total. The lowest BCUT2D eigenvalue weighted by molar-refractivity contribution is 0.0310. The third-order valence-electron chi connectivity index (χ3n) is 5.31. The van der Waals surface area contributed by atoms with Gasteiger partial charge in [0.25, 0.3) is 0 Å². The van der Waals surface area contributed by atoms with E-state index in [-0.39, 0.29) is 12.7 Å². The third-order valence-corrected chi connectivity index (χ3v) is 5.31. The van der Waals surface area contributed by atoms with Crippen LogP contribution in [0.3, 0.4) is 0 Å². The van der Waals surface area contributed by atoms with Gasteiger partial charge in [-0.15, -0.1) is 0 Å². The fraction of sp³-hybridized carbons (Fsp3) is 0.500. The first-order valence-corrected chi connectivity index (χ1v) is 10.6. The van der Waals surface area contributed by atoms with Crippen LogP contribution < -0.4 is 14.4 Å². The van der Waals surface area contributed by atoms with Crippen molar-refractivity contribution in [1.29, 1.82) is 0 Å². The molecular weight excluding hydrogens is 380 g/mol. The zero-order valence-corrected chi connectivity index (χ0v) is 18.3. The van der Waals surface area contributed by atoms with E-state index in [1.165, 1.54) is 11.3 Å². The van der Waals surface area contributed by atoms with Gasteiger partial charge >= 0.3 is 0 Å². The number of aliphatic hydroxyl groups is 1. The lowest BCUT2D eigenvalue weighted by Crippen LogP contribution is -2.39. The first kappa shape index (κ1) is 22.4. The highest BCUT2D eigenvalue weighted by Gasteiger charge is 2.22. The largest absolute Gasteiger partial charge is 0.493 e. The zero-order chi connectivity index (χ0) is 21.3. The van der Waals surface area contributed by atoms with Gasteiger partial charge < -0.3 is 24.2 Å². The van der Waals surface area contributed by atoms with E-state index in [4.69, 9.17) is 14.2 Å². The van der Waals surface area contributed by atoms with Crippen LogP contribution >= 0.6 is 0 Å². The number of hydrogen-bond acceptors (Lipinski definition) is 6. The Morgan fingerprint density at radius 1 is 1.10 bits per heavy atom. The molecule has 3 rings (SSSR count). The maximum Gasteiger partial charge on any atom is 0.161 e. The minimum Gasteiger partial charge on any atom is -0.493 e. The molecule has 2 unspecified atom stereocenters. The molecule has 164 valence electrons. The Bertz CT molecular complexity index is 760. The predicted octanol–water partition coefficient (Wildman–Crippen LogP) is 3.18. The smallest absolute Gasteiger partial charge is 0.161 e. The Kier molecular flexibility index (Phi) is 8.37. The van der Waals surface area contributed by atoms with Crippen LogP contribution in [0.4, 0.5) is 5.69 Å². The van der Waals surface area contributed by atoms with Gasteiger partial charge in [0, 0.05) is 46.0 Å². The minimum atomic E-state index is -0.614. The van der Waals surface area contributed by atoms with Crippen LogP contribution in [0.5, 0.6) is 11.5 Å². The van der Waals surface area contributed by atoms with Gasteiger partial charge in [-0.05, 0) is 42.7 Å². The molecule has 0 spiro atoms. The van der Waals surface area contributed by atoms with Crippen LogP contribution in [-0.2, 0) is 11.3 Å². The number of anilines is 1. The Hall–Kier alpha value is -2.28. The van der Waals surface area contributed by atoms with Gasteiger partial charge in [-0.25, -0.2) is 0 Å². The Balaban J connectivity index is 1.59. The molecule has 0 amide bonds. The highest BCUT2D eigenvalue weighted by molar-refractivity contribution is 5.46. The number of para-hydroxylation sites is 2. The SMILES string of the molecule is COc1ccccc1OCC(O)CN(Cc1ccc(N(C)C)cc1)CC1CCCO1. The molecule has 0 aromatic heterocycles. The number of rotatable bonds is 11. The molecule has 1 saturated heterocycles. The van der Waals surface area contributed by atoms with Gasteiger partial charge in [-0.1, -0.05) is 24.3 Å². The van der Waals surface area contributed by atoms with E-state index in [9.17, 15) is 5.11 Å². The van der Waals surface area contributed by atoms with E-state index >= 15 is 0 Å². The first-order valence-electron chi connectivity index (χ1n) is 10.6. The Morgan fingerprint density at radius 3 is 2.47 bits per heavy atom. The van der Waals surface area contributed by atoms with Crippen LogP contribution in [0.15, 0.2) is 48.5 Å². The van der Waals surface area contributed by atoms with Crippen LogP contribution in [-0.4, -0.2) is 69.7 Å². The van der Waals surface area contributed by atoms with E-state index in [0.717, 1.165) is 32.5 Å². The van der Waals surface area contributed by atoms with Gasteiger partial charge in [0.1, 0.15) is 12.7 Å². The first-order chi connectivity index (χ1) is 14.5. The second kappa shape index (κ2) is 11.2. The van der Waals surface area contributed by atoms with Crippen molar-refractivity contribution in [3.8, 4) is 11.5 Å². The third kappa shape index (κ3) is 6.62. The summed E-state index contributed by atoms with van der Waals surface area (Å²) in [6, 6.07) is 16.0. The number of benzene rings is 2. The van der Waals surface area contributed by atoms with Gasteiger partial charge in [-0.3, -0.25) is 4.90 Å². The number of aliphatic hydroxyl groups excluding tert-OH is 1. The standard InChI is InChI=1S/C24H34N2O4/c1-25(2)20-12-10-19(11-13-20)15-26(17-22-7-6-14-29-22)16-21(27)18-30-24-9-5-4-8-23(24)28-3/h4-5,8-13,21-22,27H,6-7,14-18H2,1-3H3. The number of nitrogens with zero attached hydrogens (tertiary/aromatic N) is 2. The van der Waals surface area contributed by atoms with E-state index in [1.807, 2.05) is 38.4 Å². The van der Waals surface area contributed by atoms with Crippen molar-refractivity contribution in [3.63, 3.8) is 0 Å². The minimum absolute atomic E-state index is 0.210. The van der Waals surface area contributed by atoms with Crippen LogP contribution in [0.2, 0.25) is 0 Å². The van der Waals surface area contributed by atoms with Gasteiger partial charge in [-0.2, -0.15) is 0 Å². The molecule has 0 aliphatic carbocycles. The lowest BCUT2D eigenvalue weighted by atomic mass is 10.1. The summed E-state index contributed by atoms with van der Waals surface area (Å²) in [6.07, 6.45) is 1.80. The Morgan fingerprint density at radius 2 is 1.83 bits per heavy atom. The fourth-order valence-corrected chi connectivity index (χ4v) is 3.71. The topological polar surface area (TPSA) is 54.4 Å². The summed E-state index contributed by atoms with van der Waals surface area (Å²) < 4.78 is 17.0. The van der Waals surface area contributed by atoms with Crippen molar-refractivity contribution in [2.75, 3.05) is 52.4 Å². The zero-order valence-electron chi connectivity index (χ0n) is 18.3. The summed E-state index contributed by atoms with van der Waals surface area (Å²) in [5.74, 6) is 1.31. The highest BCUT2D eigenvalue weighted by Crippen LogP contribution is 2.26. The molecule has 2 atom stereocenters. The maximum absolute atomic E-state index is 10.7. The monoisotopic (exact) mass is 414 g/mol. The molecule has 0 saturated carbocycles. The van der Waals surface area contributed by atoms with E-state index in [2.05, 4.69) is 34.1 Å². The lowest BCUT2D eigenvalue weighted by Gasteiger charge is -2.28. The molecule has 6 nitrogen and oxygen atoms in total. The average Bonchev–Trinajstić information content (AvgIpc) is 3.26. The average molecular weight is 415 g/mol. The summed E-state index contributed by atoms with van der Waals surface area (Å²) in [5.41, 5.74) is 2.39. The van der Waals surface area contributed by atoms with Crippen molar-refractivity contribution >= 4 is 5.69 Å². The van der Waals surface area contributed by atoms with Gasteiger partial charge in [0.2, 0.25) is 0 Å². The van der Waals surface area contributed by atoms with E-state index < -0.39 is 6.10 Å². The molecule has 0 radical (unpaired) electrons. The highest BCUT2D eigenvalue weighted by atomic mass is 16.5. The molecule has 1 heterocycles. The molecule has 2 aromatic rings.